The maximum atomic E-state index is 13.2. The molecule has 0 spiro atoms. The molecule has 2 heterocycles. The van der Waals surface area contributed by atoms with Gasteiger partial charge in [0.25, 0.3) is 0 Å². The van der Waals surface area contributed by atoms with Gasteiger partial charge in [0, 0.05) is 44.4 Å². The molecule has 1 aliphatic rings. The molecule has 35 heavy (non-hydrogen) atoms. The molecule has 0 N–H and O–H groups in total. The topological polar surface area (TPSA) is 64.1 Å². The van der Waals surface area contributed by atoms with Crippen molar-refractivity contribution in [1.29, 1.82) is 0 Å². The number of rotatable bonds is 10. The zero-order chi connectivity index (χ0) is 24.6. The van der Waals surface area contributed by atoms with Gasteiger partial charge in [0.1, 0.15) is 5.75 Å². The third kappa shape index (κ3) is 5.92. The third-order valence-electron chi connectivity index (χ3n) is 6.48. The smallest absolute Gasteiger partial charge is 0.179 e. The Labute approximate surface area is 207 Å². The van der Waals surface area contributed by atoms with Gasteiger partial charge in [-0.2, -0.15) is 0 Å². The van der Waals surface area contributed by atoms with E-state index < -0.39 is 0 Å². The molecule has 1 aromatic heterocycles. The first-order valence-corrected chi connectivity index (χ1v) is 11.9. The number of ketones is 1. The Morgan fingerprint density at radius 1 is 0.857 bits per heavy atom. The number of carbonyl (C=O) groups excluding carboxylic acids is 1. The van der Waals surface area contributed by atoms with Crippen molar-refractivity contribution in [3.05, 3.63) is 77.6 Å². The molecule has 0 radical (unpaired) electrons. The summed E-state index contributed by atoms with van der Waals surface area (Å²) >= 11 is 0. The van der Waals surface area contributed by atoms with Crippen molar-refractivity contribution in [3.8, 4) is 17.2 Å². The first-order chi connectivity index (χ1) is 17.1. The lowest BCUT2D eigenvalue weighted by Gasteiger charge is -2.36. The van der Waals surface area contributed by atoms with Gasteiger partial charge in [-0.25, -0.2) is 0 Å². The van der Waals surface area contributed by atoms with Crippen LogP contribution >= 0.6 is 0 Å². The lowest BCUT2D eigenvalue weighted by atomic mass is 9.98. The summed E-state index contributed by atoms with van der Waals surface area (Å²) in [4.78, 5) is 22.4. The summed E-state index contributed by atoms with van der Waals surface area (Å²) in [5, 5.41) is 0. The molecule has 1 aliphatic heterocycles. The average molecular weight is 476 g/mol. The summed E-state index contributed by atoms with van der Waals surface area (Å²) < 4.78 is 16.1. The van der Waals surface area contributed by atoms with Gasteiger partial charge < -0.3 is 19.1 Å². The molecule has 1 saturated heterocycles. The van der Waals surface area contributed by atoms with Crippen molar-refractivity contribution < 1.29 is 19.0 Å². The zero-order valence-corrected chi connectivity index (χ0v) is 20.7. The fourth-order valence-electron chi connectivity index (χ4n) is 4.53. The van der Waals surface area contributed by atoms with Crippen LogP contribution in [0.15, 0.2) is 60.8 Å². The minimum absolute atomic E-state index is 0.0568. The van der Waals surface area contributed by atoms with E-state index in [0.29, 0.717) is 17.2 Å². The van der Waals surface area contributed by atoms with Gasteiger partial charge >= 0.3 is 0 Å². The minimum atomic E-state index is 0.0568. The van der Waals surface area contributed by atoms with E-state index in [2.05, 4.69) is 33.0 Å². The maximum Gasteiger partial charge on any atom is 0.179 e. The Balaban J connectivity index is 1.36. The second-order valence-corrected chi connectivity index (χ2v) is 8.54. The van der Waals surface area contributed by atoms with E-state index >= 15 is 0 Å². The maximum absolute atomic E-state index is 13.2. The highest BCUT2D eigenvalue weighted by atomic mass is 16.5. The van der Waals surface area contributed by atoms with Crippen LogP contribution in [0.4, 0.5) is 5.69 Å². The molecule has 184 valence electrons. The molecule has 0 saturated carbocycles. The zero-order valence-electron chi connectivity index (χ0n) is 20.7. The van der Waals surface area contributed by atoms with Crippen molar-refractivity contribution >= 4 is 11.5 Å². The van der Waals surface area contributed by atoms with Crippen LogP contribution < -0.4 is 19.1 Å². The van der Waals surface area contributed by atoms with E-state index in [1.807, 2.05) is 30.3 Å². The SMILES string of the molecule is COc1cnc(CC(=O)c2ccccc2CCN2CCN(c3ccccc3OC)CC2)cc1OC. The predicted molar refractivity (Wildman–Crippen MR) is 137 cm³/mol. The molecule has 1 fully saturated rings. The Morgan fingerprint density at radius 3 is 2.29 bits per heavy atom. The summed E-state index contributed by atoms with van der Waals surface area (Å²) in [5.74, 6) is 2.10. The second-order valence-electron chi connectivity index (χ2n) is 8.54. The summed E-state index contributed by atoms with van der Waals surface area (Å²) in [5.41, 5.74) is 3.64. The van der Waals surface area contributed by atoms with Gasteiger partial charge in [-0.05, 0) is 24.1 Å². The Bertz CT molecular complexity index is 1140. The van der Waals surface area contributed by atoms with Crippen LogP contribution in [-0.4, -0.2) is 69.7 Å². The first kappa shape index (κ1) is 24.5. The molecule has 0 aliphatic carbocycles. The molecule has 7 nitrogen and oxygen atoms in total. The number of piperazine rings is 1. The highest BCUT2D eigenvalue weighted by Gasteiger charge is 2.20. The monoisotopic (exact) mass is 475 g/mol. The van der Waals surface area contributed by atoms with E-state index in [4.69, 9.17) is 14.2 Å². The number of pyridine rings is 1. The second kappa shape index (κ2) is 11.7. The van der Waals surface area contributed by atoms with Gasteiger partial charge in [0.15, 0.2) is 17.3 Å². The largest absolute Gasteiger partial charge is 0.495 e. The first-order valence-electron chi connectivity index (χ1n) is 11.9. The quantitative estimate of drug-likeness (QED) is 0.412. The van der Waals surface area contributed by atoms with Gasteiger partial charge in [0.05, 0.1) is 45.3 Å². The van der Waals surface area contributed by atoms with E-state index in [9.17, 15) is 4.79 Å². The van der Waals surface area contributed by atoms with Crippen molar-refractivity contribution in [2.75, 3.05) is 59.0 Å². The van der Waals surface area contributed by atoms with Gasteiger partial charge in [-0.3, -0.25) is 14.7 Å². The van der Waals surface area contributed by atoms with Crippen LogP contribution in [0.2, 0.25) is 0 Å². The molecule has 2 aromatic carbocycles. The number of hydrogen-bond donors (Lipinski definition) is 0. The standard InChI is InChI=1S/C28H33N3O4/c1-33-26-11-7-6-10-24(26)31-16-14-30(15-17-31)13-12-21-8-4-5-9-23(21)25(32)18-22-19-27(34-2)28(35-3)20-29-22/h4-11,19-20H,12-18H2,1-3H3. The number of benzene rings is 2. The molecule has 7 heteroatoms. The Kier molecular flexibility index (Phi) is 8.21. The molecular weight excluding hydrogens is 442 g/mol. The number of anilines is 1. The van der Waals surface area contributed by atoms with Crippen LogP contribution in [0, 0.1) is 0 Å². The summed E-state index contributed by atoms with van der Waals surface area (Å²) in [6, 6.07) is 17.8. The minimum Gasteiger partial charge on any atom is -0.495 e. The van der Waals surface area contributed by atoms with Gasteiger partial charge in [-0.15, -0.1) is 0 Å². The van der Waals surface area contributed by atoms with Gasteiger partial charge in [0.2, 0.25) is 0 Å². The number of hydrogen-bond acceptors (Lipinski definition) is 7. The van der Waals surface area contributed by atoms with Crippen molar-refractivity contribution in [1.82, 2.24) is 9.88 Å². The average Bonchev–Trinajstić information content (AvgIpc) is 2.92. The van der Waals surface area contributed by atoms with Crippen LogP contribution in [0.25, 0.3) is 0 Å². The van der Waals surface area contributed by atoms with Crippen LogP contribution in [0.3, 0.4) is 0 Å². The molecule has 0 amide bonds. The van der Waals surface area contributed by atoms with E-state index in [0.717, 1.165) is 61.7 Å². The van der Waals surface area contributed by atoms with Crippen molar-refractivity contribution in [3.63, 3.8) is 0 Å². The lowest BCUT2D eigenvalue weighted by Crippen LogP contribution is -2.47. The number of carbonyl (C=O) groups is 1. The number of nitrogens with zero attached hydrogens (tertiary/aromatic N) is 3. The Morgan fingerprint density at radius 2 is 1.54 bits per heavy atom. The number of ether oxygens (including phenoxy) is 3. The summed E-state index contributed by atoms with van der Waals surface area (Å²) in [6.07, 6.45) is 2.64. The molecule has 0 bridgehead atoms. The lowest BCUT2D eigenvalue weighted by molar-refractivity contribution is 0.0990. The van der Waals surface area contributed by atoms with E-state index in [1.54, 1.807) is 33.6 Å². The summed E-state index contributed by atoms with van der Waals surface area (Å²) in [6.45, 7) is 4.77. The number of methoxy groups -OCH3 is 3. The number of Topliss-reactive ketones (excluding diaryl/α,β-unsaturated/α-hetero) is 1. The van der Waals surface area contributed by atoms with E-state index in [1.165, 1.54) is 0 Å². The predicted octanol–water partition coefficient (Wildman–Crippen LogP) is 3.90. The molecule has 4 rings (SSSR count). The number of para-hydroxylation sites is 2. The molecule has 0 atom stereocenters. The number of aromatic nitrogens is 1. The van der Waals surface area contributed by atoms with Crippen LogP contribution in [0.5, 0.6) is 17.2 Å². The highest BCUT2D eigenvalue weighted by molar-refractivity contribution is 5.98. The molecule has 3 aromatic rings. The normalized spacial score (nSPS) is 14.0. The van der Waals surface area contributed by atoms with Crippen molar-refractivity contribution in [2.24, 2.45) is 0 Å². The fraction of sp³-hybridized carbons (Fsp3) is 0.357. The van der Waals surface area contributed by atoms with Crippen LogP contribution in [-0.2, 0) is 12.8 Å². The van der Waals surface area contributed by atoms with E-state index in [-0.39, 0.29) is 12.2 Å². The Hall–Kier alpha value is -3.58. The highest BCUT2D eigenvalue weighted by Crippen LogP contribution is 2.29. The summed E-state index contributed by atoms with van der Waals surface area (Å²) in [7, 11) is 4.86. The van der Waals surface area contributed by atoms with Crippen LogP contribution in [0.1, 0.15) is 21.6 Å². The van der Waals surface area contributed by atoms with Crippen molar-refractivity contribution in [2.45, 2.75) is 12.8 Å². The third-order valence-corrected chi connectivity index (χ3v) is 6.48. The fourth-order valence-corrected chi connectivity index (χ4v) is 4.53. The van der Waals surface area contributed by atoms with Gasteiger partial charge in [-0.1, -0.05) is 36.4 Å². The molecular formula is C28H33N3O4. The molecule has 0 unspecified atom stereocenters.